The second-order valence-corrected chi connectivity index (χ2v) is 10.1. The lowest BCUT2D eigenvalue weighted by Gasteiger charge is -2.34. The molecule has 0 spiro atoms. The molecule has 1 fully saturated rings. The number of ketones is 1. The molecule has 0 unspecified atom stereocenters. The van der Waals surface area contributed by atoms with Crippen molar-refractivity contribution in [2.24, 2.45) is 4.99 Å². The fraction of sp³-hybridized carbons (Fsp3) is 0.391. The summed E-state index contributed by atoms with van der Waals surface area (Å²) >= 11 is 0. The third-order valence-electron chi connectivity index (χ3n) is 5.79. The first-order chi connectivity index (χ1) is 15.4. The number of carbonyl (C=O) groups is 1. The zero-order valence-corrected chi connectivity index (χ0v) is 19.1. The molecule has 0 aromatic heterocycles. The van der Waals surface area contributed by atoms with Gasteiger partial charge in [-0.3, -0.25) is 9.79 Å². The van der Waals surface area contributed by atoms with Crippen LogP contribution in [0.4, 0.5) is 11.4 Å². The van der Waals surface area contributed by atoms with Gasteiger partial charge in [0.25, 0.3) is 0 Å². The smallest absolute Gasteiger partial charge is 0.211 e. The molecule has 9 heteroatoms. The number of piperazine rings is 1. The van der Waals surface area contributed by atoms with Crippen LogP contribution in [-0.4, -0.2) is 70.0 Å². The number of anilines is 2. The number of hydrogen-bond acceptors (Lipinski definition) is 7. The number of rotatable bonds is 7. The molecule has 32 heavy (non-hydrogen) atoms. The van der Waals surface area contributed by atoms with Crippen LogP contribution in [0.1, 0.15) is 22.3 Å². The van der Waals surface area contributed by atoms with Gasteiger partial charge in [-0.1, -0.05) is 12.1 Å². The first-order valence-corrected chi connectivity index (χ1v) is 12.7. The minimum atomic E-state index is -3.14. The first kappa shape index (κ1) is 22.3. The lowest BCUT2D eigenvalue weighted by Crippen LogP contribution is -2.48. The van der Waals surface area contributed by atoms with Crippen LogP contribution in [-0.2, 0) is 16.4 Å². The monoisotopic (exact) mass is 455 g/mol. The topological polar surface area (TPSA) is 94.1 Å². The third-order valence-corrected chi connectivity index (χ3v) is 7.10. The third kappa shape index (κ3) is 5.66. The molecule has 0 aliphatic carbocycles. The molecule has 0 bridgehead atoms. The maximum Gasteiger partial charge on any atom is 0.211 e. The Morgan fingerprint density at radius 2 is 1.72 bits per heavy atom. The molecule has 0 amide bonds. The summed E-state index contributed by atoms with van der Waals surface area (Å²) in [4.78, 5) is 19.1. The van der Waals surface area contributed by atoms with Gasteiger partial charge in [0.15, 0.2) is 11.7 Å². The van der Waals surface area contributed by atoms with Crippen LogP contribution < -0.4 is 15.5 Å². The quantitative estimate of drug-likeness (QED) is 0.620. The fourth-order valence-electron chi connectivity index (χ4n) is 3.91. The average Bonchev–Trinajstić information content (AvgIpc) is 3.31. The summed E-state index contributed by atoms with van der Waals surface area (Å²) in [6.45, 7) is 3.92. The van der Waals surface area contributed by atoms with Gasteiger partial charge >= 0.3 is 0 Å². The molecule has 170 valence electrons. The van der Waals surface area contributed by atoms with Crippen LogP contribution in [0, 0.1) is 0 Å². The number of aryl methyl sites for hydroxylation is 1. The van der Waals surface area contributed by atoms with E-state index >= 15 is 0 Å². The number of Topliss-reactive ketones (excluding diaryl/α,β-unsaturated/α-hetero) is 1. The van der Waals surface area contributed by atoms with Gasteiger partial charge < -0.3 is 15.5 Å². The van der Waals surface area contributed by atoms with E-state index in [2.05, 4.69) is 20.5 Å². The summed E-state index contributed by atoms with van der Waals surface area (Å²) in [5.41, 5.74) is 3.80. The molecule has 2 aromatic rings. The number of hydrogen-bond donors (Lipinski definition) is 2. The van der Waals surface area contributed by atoms with Gasteiger partial charge in [0.2, 0.25) is 10.0 Å². The summed E-state index contributed by atoms with van der Waals surface area (Å²) < 4.78 is 24.8. The van der Waals surface area contributed by atoms with E-state index in [0.29, 0.717) is 44.6 Å². The van der Waals surface area contributed by atoms with Crippen molar-refractivity contribution in [2.45, 2.75) is 12.8 Å². The molecule has 2 N–H and O–H groups in total. The highest BCUT2D eigenvalue weighted by Crippen LogP contribution is 2.20. The number of guanidine groups is 1. The van der Waals surface area contributed by atoms with E-state index in [0.717, 1.165) is 36.0 Å². The van der Waals surface area contributed by atoms with Crippen molar-refractivity contribution in [3.05, 3.63) is 59.7 Å². The maximum atomic E-state index is 12.6. The zero-order valence-electron chi connectivity index (χ0n) is 18.3. The van der Waals surface area contributed by atoms with Crippen molar-refractivity contribution in [3.63, 3.8) is 0 Å². The van der Waals surface area contributed by atoms with Crippen molar-refractivity contribution >= 4 is 33.1 Å². The van der Waals surface area contributed by atoms with Crippen LogP contribution >= 0.6 is 0 Å². The van der Waals surface area contributed by atoms with Crippen LogP contribution in [0.25, 0.3) is 0 Å². The van der Waals surface area contributed by atoms with E-state index in [4.69, 9.17) is 0 Å². The minimum Gasteiger partial charge on any atom is -0.369 e. The van der Waals surface area contributed by atoms with E-state index in [9.17, 15) is 13.2 Å². The number of benzene rings is 2. The Morgan fingerprint density at radius 3 is 2.31 bits per heavy atom. The van der Waals surface area contributed by atoms with Gasteiger partial charge in [-0.05, 0) is 48.4 Å². The van der Waals surface area contributed by atoms with Crippen molar-refractivity contribution in [3.8, 4) is 0 Å². The number of sulfonamides is 1. The van der Waals surface area contributed by atoms with Crippen molar-refractivity contribution in [1.82, 2.24) is 9.62 Å². The molecular formula is C23H29N5O3S. The summed E-state index contributed by atoms with van der Waals surface area (Å²) in [6.07, 6.45) is 2.39. The Morgan fingerprint density at radius 1 is 1.03 bits per heavy atom. The zero-order chi connectivity index (χ0) is 22.6. The number of aliphatic imine (C=N–C) groups is 1. The molecule has 0 saturated carbocycles. The van der Waals surface area contributed by atoms with Gasteiger partial charge in [0.1, 0.15) is 0 Å². The predicted molar refractivity (Wildman–Crippen MR) is 128 cm³/mol. The van der Waals surface area contributed by atoms with E-state index in [1.165, 1.54) is 10.6 Å². The first-order valence-electron chi connectivity index (χ1n) is 10.9. The van der Waals surface area contributed by atoms with E-state index in [-0.39, 0.29) is 5.78 Å². The second-order valence-electron chi connectivity index (χ2n) is 8.10. The molecule has 0 radical (unpaired) electrons. The fourth-order valence-corrected chi connectivity index (χ4v) is 4.74. The molecule has 2 aliphatic rings. The van der Waals surface area contributed by atoms with Crippen molar-refractivity contribution in [1.29, 1.82) is 0 Å². The lowest BCUT2D eigenvalue weighted by molar-refractivity contribution is 0.0983. The SMILES string of the molecule is CS(=O)(=O)N1CCN(c2ccc(C(=O)CCc3ccc(NC4=NCCN4)cc3)cc2)CC1. The van der Waals surface area contributed by atoms with Gasteiger partial charge in [-0.15, -0.1) is 0 Å². The number of carbonyl (C=O) groups excluding carboxylic acids is 1. The Bertz CT molecular complexity index is 1070. The van der Waals surface area contributed by atoms with Crippen LogP contribution in [0.3, 0.4) is 0 Å². The second kappa shape index (κ2) is 9.70. The van der Waals surface area contributed by atoms with E-state index in [1.54, 1.807) is 0 Å². The summed E-state index contributed by atoms with van der Waals surface area (Å²) in [6, 6.07) is 15.7. The average molecular weight is 456 g/mol. The number of nitrogens with zero attached hydrogens (tertiary/aromatic N) is 3. The van der Waals surface area contributed by atoms with Crippen LogP contribution in [0.15, 0.2) is 53.5 Å². The minimum absolute atomic E-state index is 0.116. The largest absolute Gasteiger partial charge is 0.369 e. The van der Waals surface area contributed by atoms with Gasteiger partial charge in [0, 0.05) is 56.1 Å². The predicted octanol–water partition coefficient (Wildman–Crippen LogP) is 1.95. The Hall–Kier alpha value is -2.91. The van der Waals surface area contributed by atoms with Crippen molar-refractivity contribution in [2.75, 3.05) is 55.7 Å². The normalized spacial score (nSPS) is 17.0. The van der Waals surface area contributed by atoms with E-state index < -0.39 is 10.0 Å². The standard InChI is InChI=1S/C23H29N5O3S/c1-32(30,31)28-16-14-27(15-17-28)21-9-5-19(6-10-21)22(29)11-4-18-2-7-20(8-3-18)26-23-24-12-13-25-23/h2-3,5-10H,4,11-17H2,1H3,(H2,24,25,26). The Labute approximate surface area is 189 Å². The highest BCUT2D eigenvalue weighted by Gasteiger charge is 2.23. The Kier molecular flexibility index (Phi) is 6.76. The molecule has 2 aliphatic heterocycles. The summed E-state index contributed by atoms with van der Waals surface area (Å²) in [5, 5.41) is 6.41. The molecular weight excluding hydrogens is 426 g/mol. The summed E-state index contributed by atoms with van der Waals surface area (Å²) in [5.74, 6) is 0.916. The van der Waals surface area contributed by atoms with Crippen LogP contribution in [0.5, 0.6) is 0 Å². The highest BCUT2D eigenvalue weighted by molar-refractivity contribution is 7.88. The molecule has 1 saturated heterocycles. The molecule has 0 atom stereocenters. The highest BCUT2D eigenvalue weighted by atomic mass is 32.2. The van der Waals surface area contributed by atoms with Gasteiger partial charge in [-0.2, -0.15) is 4.31 Å². The van der Waals surface area contributed by atoms with E-state index in [1.807, 2.05) is 48.5 Å². The lowest BCUT2D eigenvalue weighted by atomic mass is 10.0. The maximum absolute atomic E-state index is 12.6. The molecule has 2 aromatic carbocycles. The van der Waals surface area contributed by atoms with Crippen molar-refractivity contribution < 1.29 is 13.2 Å². The van der Waals surface area contributed by atoms with Crippen LogP contribution in [0.2, 0.25) is 0 Å². The summed E-state index contributed by atoms with van der Waals surface area (Å²) in [7, 11) is -3.14. The van der Waals surface area contributed by atoms with Gasteiger partial charge in [0.05, 0.1) is 12.8 Å². The molecule has 8 nitrogen and oxygen atoms in total. The Balaban J connectivity index is 1.27. The molecule has 2 heterocycles. The number of nitrogens with one attached hydrogen (secondary N) is 2. The molecule has 4 rings (SSSR count). The van der Waals surface area contributed by atoms with Gasteiger partial charge in [-0.25, -0.2) is 8.42 Å².